The molecule has 2 heterocycles. The van der Waals surface area contributed by atoms with Gasteiger partial charge >= 0.3 is 0 Å². The highest BCUT2D eigenvalue weighted by Crippen LogP contribution is 2.24. The first-order chi connectivity index (χ1) is 9.05. The van der Waals surface area contributed by atoms with Gasteiger partial charge in [-0.05, 0) is 12.8 Å². The van der Waals surface area contributed by atoms with Gasteiger partial charge in [-0.15, -0.1) is 10.2 Å². The van der Waals surface area contributed by atoms with E-state index in [0.29, 0.717) is 30.4 Å². The van der Waals surface area contributed by atoms with Gasteiger partial charge in [-0.25, -0.2) is 0 Å². The third-order valence-electron chi connectivity index (χ3n) is 2.83. The first-order valence-electron chi connectivity index (χ1n) is 6.72. The zero-order chi connectivity index (χ0) is 13.7. The zero-order valence-corrected chi connectivity index (χ0v) is 12.7. The fourth-order valence-corrected chi connectivity index (χ4v) is 2.36. The van der Waals surface area contributed by atoms with Crippen LogP contribution in [0.2, 0.25) is 0 Å². The van der Waals surface area contributed by atoms with Gasteiger partial charge in [0.15, 0.2) is 0 Å². The van der Waals surface area contributed by atoms with E-state index in [0.717, 1.165) is 25.2 Å². The van der Waals surface area contributed by atoms with Gasteiger partial charge in [-0.2, -0.15) is 0 Å². The Morgan fingerprint density at radius 2 is 2.21 bits per heavy atom. The van der Waals surface area contributed by atoms with Gasteiger partial charge in [0.05, 0.1) is 19.3 Å². The van der Waals surface area contributed by atoms with Crippen LogP contribution in [-0.2, 0) is 14.9 Å². The van der Waals surface area contributed by atoms with E-state index in [9.17, 15) is 0 Å². The van der Waals surface area contributed by atoms with Crippen molar-refractivity contribution in [3.63, 3.8) is 0 Å². The van der Waals surface area contributed by atoms with Gasteiger partial charge in [0, 0.05) is 17.8 Å². The summed E-state index contributed by atoms with van der Waals surface area (Å²) in [5.41, 5.74) is -0.0951. The van der Waals surface area contributed by atoms with E-state index in [1.165, 1.54) is 11.8 Å². The van der Waals surface area contributed by atoms with Crippen molar-refractivity contribution in [2.75, 3.05) is 25.6 Å². The molecule has 1 aromatic rings. The highest BCUT2D eigenvalue weighted by Gasteiger charge is 2.21. The molecule has 0 aromatic carbocycles. The third-order valence-corrected chi connectivity index (χ3v) is 3.61. The summed E-state index contributed by atoms with van der Waals surface area (Å²) in [5.74, 6) is 1.49. The highest BCUT2D eigenvalue weighted by atomic mass is 32.2. The molecular weight excluding hydrogens is 264 g/mol. The van der Waals surface area contributed by atoms with Crippen LogP contribution in [0, 0.1) is 0 Å². The number of hydrogen-bond donors (Lipinski definition) is 0. The van der Waals surface area contributed by atoms with Crippen LogP contribution in [0.5, 0.6) is 0 Å². The molecule has 0 N–H and O–H groups in total. The molecule has 2 rings (SSSR count). The maximum absolute atomic E-state index is 5.59. The predicted octanol–water partition coefficient (Wildman–Crippen LogP) is 2.65. The van der Waals surface area contributed by atoms with Crippen molar-refractivity contribution >= 4 is 11.8 Å². The normalized spacial score (nSPS) is 20.1. The molecule has 1 fully saturated rings. The summed E-state index contributed by atoms with van der Waals surface area (Å²) in [7, 11) is 0. The molecule has 6 heteroatoms. The summed E-state index contributed by atoms with van der Waals surface area (Å²) in [6.07, 6.45) is 2.56. The molecule has 0 radical (unpaired) electrons. The molecule has 0 saturated carbocycles. The van der Waals surface area contributed by atoms with Crippen molar-refractivity contribution in [3.05, 3.63) is 5.89 Å². The van der Waals surface area contributed by atoms with Gasteiger partial charge in [-0.1, -0.05) is 32.5 Å². The van der Waals surface area contributed by atoms with Gasteiger partial charge in [0.1, 0.15) is 0 Å². The number of ether oxygens (including phenoxy) is 2. The van der Waals surface area contributed by atoms with Crippen molar-refractivity contribution in [2.24, 2.45) is 0 Å². The zero-order valence-electron chi connectivity index (χ0n) is 11.8. The van der Waals surface area contributed by atoms with E-state index >= 15 is 0 Å². The third kappa shape index (κ3) is 4.78. The van der Waals surface area contributed by atoms with Crippen LogP contribution in [0.1, 0.15) is 39.5 Å². The molecule has 1 aliphatic heterocycles. The van der Waals surface area contributed by atoms with Crippen molar-refractivity contribution in [1.82, 2.24) is 10.2 Å². The van der Waals surface area contributed by atoms with Crippen LogP contribution >= 0.6 is 11.8 Å². The topological polar surface area (TPSA) is 57.4 Å². The Balaban J connectivity index is 1.61. The highest BCUT2D eigenvalue weighted by molar-refractivity contribution is 7.99. The Morgan fingerprint density at radius 3 is 2.84 bits per heavy atom. The summed E-state index contributed by atoms with van der Waals surface area (Å²) in [4.78, 5) is 0. The van der Waals surface area contributed by atoms with Crippen LogP contribution in [0.3, 0.4) is 0 Å². The average Bonchev–Trinajstić information content (AvgIpc) is 2.97. The van der Waals surface area contributed by atoms with Crippen LogP contribution in [-0.4, -0.2) is 41.9 Å². The lowest BCUT2D eigenvalue weighted by Gasteiger charge is -2.11. The molecule has 0 amide bonds. The first kappa shape index (κ1) is 14.8. The molecule has 0 spiro atoms. The smallest absolute Gasteiger partial charge is 0.276 e. The first-order valence-corrected chi connectivity index (χ1v) is 7.70. The fourth-order valence-electron chi connectivity index (χ4n) is 1.75. The Hall–Kier alpha value is -0.590. The maximum Gasteiger partial charge on any atom is 0.276 e. The molecule has 0 bridgehead atoms. The SMILES string of the molecule is CC(C)(C)c1nnc(SCCOCC2CCCO2)o1. The van der Waals surface area contributed by atoms with E-state index < -0.39 is 0 Å². The Morgan fingerprint density at radius 1 is 1.37 bits per heavy atom. The average molecular weight is 286 g/mol. The standard InChI is InChI=1S/C13H22N2O3S/c1-13(2,3)11-14-15-12(18-11)19-8-7-16-9-10-5-4-6-17-10/h10H,4-9H2,1-3H3. The van der Waals surface area contributed by atoms with E-state index in [-0.39, 0.29) is 5.41 Å². The van der Waals surface area contributed by atoms with Crippen molar-refractivity contribution in [2.45, 2.75) is 50.4 Å². The molecule has 1 aliphatic rings. The number of hydrogen-bond acceptors (Lipinski definition) is 6. The Labute approximate surface area is 118 Å². The van der Waals surface area contributed by atoms with Crippen molar-refractivity contribution in [1.29, 1.82) is 0 Å². The molecule has 108 valence electrons. The lowest BCUT2D eigenvalue weighted by Crippen LogP contribution is -2.15. The largest absolute Gasteiger partial charge is 0.415 e. The second-order valence-electron chi connectivity index (χ2n) is 5.68. The van der Waals surface area contributed by atoms with Gasteiger partial charge < -0.3 is 13.9 Å². The van der Waals surface area contributed by atoms with Crippen LogP contribution in [0.25, 0.3) is 0 Å². The minimum Gasteiger partial charge on any atom is -0.415 e. The lowest BCUT2D eigenvalue weighted by molar-refractivity contribution is 0.0225. The molecule has 0 aliphatic carbocycles. The van der Waals surface area contributed by atoms with Crippen LogP contribution in [0.4, 0.5) is 0 Å². The quantitative estimate of drug-likeness (QED) is 0.592. The second-order valence-corrected chi connectivity index (χ2v) is 6.73. The Kier molecular flexibility index (Phi) is 5.24. The fraction of sp³-hybridized carbons (Fsp3) is 0.846. The van der Waals surface area contributed by atoms with E-state index in [4.69, 9.17) is 13.9 Å². The number of thioether (sulfide) groups is 1. The van der Waals surface area contributed by atoms with Crippen molar-refractivity contribution < 1.29 is 13.9 Å². The lowest BCUT2D eigenvalue weighted by atomic mass is 9.97. The predicted molar refractivity (Wildman–Crippen MR) is 73.5 cm³/mol. The molecule has 5 nitrogen and oxygen atoms in total. The molecule has 1 aromatic heterocycles. The summed E-state index contributed by atoms with van der Waals surface area (Å²) < 4.78 is 16.7. The van der Waals surface area contributed by atoms with E-state index in [2.05, 4.69) is 31.0 Å². The Bertz CT molecular complexity index is 383. The van der Waals surface area contributed by atoms with Crippen LogP contribution in [0.15, 0.2) is 9.64 Å². The van der Waals surface area contributed by atoms with Gasteiger partial charge in [-0.3, -0.25) is 0 Å². The summed E-state index contributed by atoms with van der Waals surface area (Å²) in [5, 5.41) is 8.69. The molecule has 1 unspecified atom stereocenters. The minimum atomic E-state index is -0.0951. The second kappa shape index (κ2) is 6.72. The molecular formula is C13H22N2O3S. The van der Waals surface area contributed by atoms with E-state index in [1.807, 2.05) is 0 Å². The number of nitrogens with zero attached hydrogens (tertiary/aromatic N) is 2. The van der Waals surface area contributed by atoms with Crippen LogP contribution < -0.4 is 0 Å². The van der Waals surface area contributed by atoms with E-state index in [1.54, 1.807) is 0 Å². The summed E-state index contributed by atoms with van der Waals surface area (Å²) in [6.45, 7) is 8.41. The minimum absolute atomic E-state index is 0.0951. The monoisotopic (exact) mass is 286 g/mol. The van der Waals surface area contributed by atoms with Crippen molar-refractivity contribution in [3.8, 4) is 0 Å². The van der Waals surface area contributed by atoms with Gasteiger partial charge in [0.2, 0.25) is 5.89 Å². The van der Waals surface area contributed by atoms with Gasteiger partial charge in [0.25, 0.3) is 5.22 Å². The summed E-state index contributed by atoms with van der Waals surface area (Å²) >= 11 is 1.53. The molecule has 19 heavy (non-hydrogen) atoms. The number of rotatable bonds is 6. The maximum atomic E-state index is 5.59. The molecule has 1 atom stereocenters. The molecule has 1 saturated heterocycles. The number of aromatic nitrogens is 2. The summed E-state index contributed by atoms with van der Waals surface area (Å²) in [6, 6.07) is 0.